The van der Waals surface area contributed by atoms with E-state index in [0.717, 1.165) is 6.42 Å². The molecule has 0 spiro atoms. The third-order valence-corrected chi connectivity index (χ3v) is 3.51. The maximum Gasteiger partial charge on any atom is 0.255 e. The van der Waals surface area contributed by atoms with Gasteiger partial charge in [0.05, 0.1) is 25.0 Å². The topological polar surface area (TPSA) is 56.8 Å². The first-order chi connectivity index (χ1) is 11.6. The minimum atomic E-state index is -0.217. The van der Waals surface area contributed by atoms with Crippen molar-refractivity contribution in [3.8, 4) is 17.2 Å². The lowest BCUT2D eigenvalue weighted by Gasteiger charge is -2.15. The molecule has 1 amide bonds. The Morgan fingerprint density at radius 1 is 1.08 bits per heavy atom. The van der Waals surface area contributed by atoms with Gasteiger partial charge in [-0.15, -0.1) is 0 Å². The first kappa shape index (κ1) is 16.2. The number of hydrogen-bond acceptors (Lipinski definition) is 4. The number of nitrogens with one attached hydrogen (secondary N) is 1. The summed E-state index contributed by atoms with van der Waals surface area (Å²) in [5, 5.41) is 2.89. The summed E-state index contributed by atoms with van der Waals surface area (Å²) in [6, 6.07) is 12.6. The van der Waals surface area contributed by atoms with E-state index in [2.05, 4.69) is 5.32 Å². The van der Waals surface area contributed by atoms with Gasteiger partial charge in [0, 0.05) is 12.0 Å². The number of anilines is 1. The fourth-order valence-electron chi connectivity index (χ4n) is 2.43. The second kappa shape index (κ2) is 7.25. The lowest BCUT2D eigenvalue weighted by Crippen LogP contribution is -2.14. The first-order valence-corrected chi connectivity index (χ1v) is 8.10. The van der Waals surface area contributed by atoms with Crippen LogP contribution in [-0.2, 0) is 0 Å². The summed E-state index contributed by atoms with van der Waals surface area (Å²) < 4.78 is 17.0. The molecular formula is C19H21NO4. The Labute approximate surface area is 141 Å². The van der Waals surface area contributed by atoms with Crippen LogP contribution >= 0.6 is 0 Å². The molecule has 0 saturated carbocycles. The van der Waals surface area contributed by atoms with Gasteiger partial charge in [0.2, 0.25) is 0 Å². The Bertz CT molecular complexity index is 727. The minimum absolute atomic E-state index is 0.0288. The van der Waals surface area contributed by atoms with Gasteiger partial charge in [-0.05, 0) is 44.2 Å². The van der Waals surface area contributed by atoms with Crippen LogP contribution in [0.2, 0.25) is 0 Å². The molecule has 1 heterocycles. The van der Waals surface area contributed by atoms with Crippen LogP contribution in [0.1, 0.15) is 30.6 Å². The summed E-state index contributed by atoms with van der Waals surface area (Å²) in [7, 11) is 0. The van der Waals surface area contributed by atoms with E-state index in [-0.39, 0.29) is 12.0 Å². The van der Waals surface area contributed by atoms with Gasteiger partial charge in [-0.3, -0.25) is 4.79 Å². The van der Waals surface area contributed by atoms with E-state index >= 15 is 0 Å². The molecule has 2 aromatic rings. The second-order valence-corrected chi connectivity index (χ2v) is 5.83. The van der Waals surface area contributed by atoms with Crippen molar-refractivity contribution in [2.24, 2.45) is 0 Å². The predicted molar refractivity (Wildman–Crippen MR) is 92.2 cm³/mol. The van der Waals surface area contributed by atoms with Crippen LogP contribution in [0, 0.1) is 0 Å². The van der Waals surface area contributed by atoms with Crippen molar-refractivity contribution in [2.75, 3.05) is 18.5 Å². The Kier molecular flexibility index (Phi) is 4.89. The van der Waals surface area contributed by atoms with Crippen LogP contribution in [0.3, 0.4) is 0 Å². The molecule has 0 fully saturated rings. The largest absolute Gasteiger partial charge is 0.490 e. The number of para-hydroxylation sites is 2. The Hall–Kier alpha value is -2.69. The molecule has 1 aliphatic heterocycles. The molecule has 5 heteroatoms. The minimum Gasteiger partial charge on any atom is -0.490 e. The molecule has 0 bridgehead atoms. The number of fused-ring (bicyclic) bond motifs is 1. The molecule has 0 aliphatic carbocycles. The number of hydrogen-bond donors (Lipinski definition) is 1. The molecule has 5 nitrogen and oxygen atoms in total. The van der Waals surface area contributed by atoms with Crippen LogP contribution in [0.5, 0.6) is 17.2 Å². The van der Waals surface area contributed by atoms with Crippen molar-refractivity contribution in [3.05, 3.63) is 48.0 Å². The molecule has 0 atom stereocenters. The van der Waals surface area contributed by atoms with Crippen molar-refractivity contribution in [3.63, 3.8) is 0 Å². The molecule has 1 aliphatic rings. The number of amides is 1. The number of carbonyl (C=O) groups excluding carboxylic acids is 1. The molecule has 0 saturated heterocycles. The van der Waals surface area contributed by atoms with Gasteiger partial charge < -0.3 is 19.5 Å². The van der Waals surface area contributed by atoms with Crippen LogP contribution in [0.15, 0.2) is 42.5 Å². The zero-order valence-corrected chi connectivity index (χ0v) is 13.9. The second-order valence-electron chi connectivity index (χ2n) is 5.83. The maximum absolute atomic E-state index is 12.6. The van der Waals surface area contributed by atoms with E-state index in [9.17, 15) is 4.79 Å². The molecule has 24 heavy (non-hydrogen) atoms. The highest BCUT2D eigenvalue weighted by Crippen LogP contribution is 2.31. The standard InChI is InChI=1S/C19H21NO4/c1-13(2)24-16-7-4-3-6-15(16)20-19(21)14-8-9-17-18(12-14)23-11-5-10-22-17/h3-4,6-9,12-13H,5,10-11H2,1-2H3,(H,20,21). The zero-order valence-electron chi connectivity index (χ0n) is 13.9. The molecule has 2 aromatic carbocycles. The fraction of sp³-hybridized carbons (Fsp3) is 0.316. The van der Waals surface area contributed by atoms with E-state index in [1.54, 1.807) is 18.2 Å². The lowest BCUT2D eigenvalue weighted by atomic mass is 10.1. The SMILES string of the molecule is CC(C)Oc1ccccc1NC(=O)c1ccc2c(c1)OCCCO2. The molecular weight excluding hydrogens is 306 g/mol. The highest BCUT2D eigenvalue weighted by atomic mass is 16.5. The van der Waals surface area contributed by atoms with E-state index in [4.69, 9.17) is 14.2 Å². The fourth-order valence-corrected chi connectivity index (χ4v) is 2.43. The average Bonchev–Trinajstić information content (AvgIpc) is 2.80. The molecule has 0 aromatic heterocycles. The van der Waals surface area contributed by atoms with Crippen LogP contribution in [0.25, 0.3) is 0 Å². The number of benzene rings is 2. The van der Waals surface area contributed by atoms with Crippen LogP contribution < -0.4 is 19.5 Å². The van der Waals surface area contributed by atoms with Crippen LogP contribution in [-0.4, -0.2) is 25.2 Å². The highest BCUT2D eigenvalue weighted by Gasteiger charge is 2.15. The molecule has 1 N–H and O–H groups in total. The monoisotopic (exact) mass is 327 g/mol. The summed E-state index contributed by atoms with van der Waals surface area (Å²) >= 11 is 0. The third-order valence-electron chi connectivity index (χ3n) is 3.51. The Balaban J connectivity index is 1.79. The lowest BCUT2D eigenvalue weighted by molar-refractivity contribution is 0.102. The zero-order chi connectivity index (χ0) is 16.9. The first-order valence-electron chi connectivity index (χ1n) is 8.10. The van der Waals surface area contributed by atoms with Gasteiger partial charge in [-0.25, -0.2) is 0 Å². The summed E-state index contributed by atoms with van der Waals surface area (Å²) in [6.07, 6.45) is 0.858. The predicted octanol–water partition coefficient (Wildman–Crippen LogP) is 3.89. The summed E-state index contributed by atoms with van der Waals surface area (Å²) in [4.78, 5) is 12.6. The summed E-state index contributed by atoms with van der Waals surface area (Å²) in [6.45, 7) is 5.10. The van der Waals surface area contributed by atoms with Crippen molar-refractivity contribution in [1.29, 1.82) is 0 Å². The van der Waals surface area contributed by atoms with Gasteiger partial charge in [-0.1, -0.05) is 12.1 Å². The van der Waals surface area contributed by atoms with Crippen molar-refractivity contribution in [1.82, 2.24) is 0 Å². The Morgan fingerprint density at radius 3 is 2.62 bits per heavy atom. The van der Waals surface area contributed by atoms with Gasteiger partial charge >= 0.3 is 0 Å². The Morgan fingerprint density at radius 2 is 1.83 bits per heavy atom. The normalized spacial score (nSPS) is 13.3. The smallest absolute Gasteiger partial charge is 0.255 e. The van der Waals surface area contributed by atoms with Gasteiger partial charge in [-0.2, -0.15) is 0 Å². The maximum atomic E-state index is 12.6. The number of carbonyl (C=O) groups is 1. The van der Waals surface area contributed by atoms with E-state index < -0.39 is 0 Å². The summed E-state index contributed by atoms with van der Waals surface area (Å²) in [5.74, 6) is 1.71. The van der Waals surface area contributed by atoms with Crippen molar-refractivity contribution < 1.29 is 19.0 Å². The average molecular weight is 327 g/mol. The van der Waals surface area contributed by atoms with Crippen LogP contribution in [0.4, 0.5) is 5.69 Å². The van der Waals surface area contributed by atoms with Crippen molar-refractivity contribution >= 4 is 11.6 Å². The summed E-state index contributed by atoms with van der Waals surface area (Å²) in [5.41, 5.74) is 1.15. The number of ether oxygens (including phenoxy) is 3. The highest BCUT2D eigenvalue weighted by molar-refractivity contribution is 6.05. The third kappa shape index (κ3) is 3.79. The van der Waals surface area contributed by atoms with Gasteiger partial charge in [0.15, 0.2) is 11.5 Å². The molecule has 126 valence electrons. The van der Waals surface area contributed by atoms with E-state index in [0.29, 0.717) is 41.7 Å². The van der Waals surface area contributed by atoms with Crippen molar-refractivity contribution in [2.45, 2.75) is 26.4 Å². The quantitative estimate of drug-likeness (QED) is 0.925. The van der Waals surface area contributed by atoms with E-state index in [1.807, 2.05) is 38.1 Å². The number of rotatable bonds is 4. The molecule has 0 unspecified atom stereocenters. The van der Waals surface area contributed by atoms with E-state index in [1.165, 1.54) is 0 Å². The molecule has 3 rings (SSSR count). The van der Waals surface area contributed by atoms with Gasteiger partial charge in [0.1, 0.15) is 5.75 Å². The van der Waals surface area contributed by atoms with Gasteiger partial charge in [0.25, 0.3) is 5.91 Å². The molecule has 0 radical (unpaired) electrons.